The van der Waals surface area contributed by atoms with Crippen molar-refractivity contribution in [3.63, 3.8) is 0 Å². The molecule has 0 aliphatic carbocycles. The third-order valence-electron chi connectivity index (χ3n) is 2.76. The molecule has 1 N–H and O–H groups in total. The molecule has 2 aromatic rings. The van der Waals surface area contributed by atoms with Gasteiger partial charge in [-0.25, -0.2) is 9.48 Å². The predicted octanol–water partition coefficient (Wildman–Crippen LogP) is 1.83. The fraction of sp³-hybridized carbons (Fsp3) is 0.250. The molecule has 8 nitrogen and oxygen atoms in total. The highest BCUT2D eigenvalue weighted by Crippen LogP contribution is 2.18. The summed E-state index contributed by atoms with van der Waals surface area (Å²) in [6, 6.07) is 5.70. The van der Waals surface area contributed by atoms with Gasteiger partial charge in [-0.05, 0) is 18.6 Å². The van der Waals surface area contributed by atoms with Crippen LogP contribution in [0.4, 0.5) is 5.69 Å². The van der Waals surface area contributed by atoms with Crippen LogP contribution in [0.15, 0.2) is 24.3 Å². The molecule has 0 amide bonds. The lowest BCUT2D eigenvalue weighted by atomic mass is 10.2. The fourth-order valence-electron chi connectivity index (χ4n) is 1.85. The number of non-ortho nitro benzene ring substituents is 1. The highest BCUT2D eigenvalue weighted by molar-refractivity contribution is 5.86. The molecule has 0 atom stereocenters. The first kappa shape index (κ1) is 13.7. The van der Waals surface area contributed by atoms with Gasteiger partial charge in [0.1, 0.15) is 0 Å². The average Bonchev–Trinajstić information content (AvgIpc) is 2.83. The Balaban J connectivity index is 2.46. The molecule has 0 saturated carbocycles. The maximum Gasteiger partial charge on any atom is 0.358 e. The van der Waals surface area contributed by atoms with Gasteiger partial charge in [-0.15, -0.1) is 5.10 Å². The van der Waals surface area contributed by atoms with Gasteiger partial charge in [0, 0.05) is 12.1 Å². The SMILES string of the molecule is CCCc1c(C(=O)O)nnn1-c1ccc([N+](=O)[O-])cc1. The van der Waals surface area contributed by atoms with Crippen molar-refractivity contribution in [2.24, 2.45) is 0 Å². The zero-order chi connectivity index (χ0) is 14.7. The van der Waals surface area contributed by atoms with Crippen molar-refractivity contribution in [2.75, 3.05) is 0 Å². The van der Waals surface area contributed by atoms with E-state index in [2.05, 4.69) is 10.3 Å². The highest BCUT2D eigenvalue weighted by atomic mass is 16.6. The number of hydrogen-bond acceptors (Lipinski definition) is 5. The largest absolute Gasteiger partial charge is 0.476 e. The predicted molar refractivity (Wildman–Crippen MR) is 69.0 cm³/mol. The minimum Gasteiger partial charge on any atom is -0.476 e. The highest BCUT2D eigenvalue weighted by Gasteiger charge is 2.19. The summed E-state index contributed by atoms with van der Waals surface area (Å²) in [5, 5.41) is 27.1. The number of carboxylic acid groups (broad SMARTS) is 1. The zero-order valence-electron chi connectivity index (χ0n) is 10.7. The van der Waals surface area contributed by atoms with Crippen molar-refractivity contribution in [1.82, 2.24) is 15.0 Å². The summed E-state index contributed by atoms with van der Waals surface area (Å²) >= 11 is 0. The number of benzene rings is 1. The summed E-state index contributed by atoms with van der Waals surface area (Å²) in [5.41, 5.74) is 0.891. The fourth-order valence-corrected chi connectivity index (χ4v) is 1.85. The lowest BCUT2D eigenvalue weighted by Gasteiger charge is -2.05. The second kappa shape index (κ2) is 5.47. The standard InChI is InChI=1S/C12H12N4O4/c1-2-3-10-11(12(17)18)13-14-15(10)8-4-6-9(7-5-8)16(19)20/h4-7H,2-3H2,1H3,(H,17,18). The quantitative estimate of drug-likeness (QED) is 0.658. The Bertz CT molecular complexity index is 648. The summed E-state index contributed by atoms with van der Waals surface area (Å²) in [5.74, 6) is -1.14. The summed E-state index contributed by atoms with van der Waals surface area (Å²) in [4.78, 5) is 21.2. The third kappa shape index (κ3) is 2.48. The molecular formula is C12H12N4O4. The molecule has 0 radical (unpaired) electrons. The van der Waals surface area contributed by atoms with E-state index in [-0.39, 0.29) is 11.4 Å². The number of aromatic carboxylic acids is 1. The van der Waals surface area contributed by atoms with Crippen molar-refractivity contribution < 1.29 is 14.8 Å². The molecule has 1 aromatic heterocycles. The molecule has 0 unspecified atom stereocenters. The van der Waals surface area contributed by atoms with Crippen molar-refractivity contribution in [2.45, 2.75) is 19.8 Å². The number of carboxylic acids is 1. The van der Waals surface area contributed by atoms with Gasteiger partial charge in [0.05, 0.1) is 16.3 Å². The summed E-state index contributed by atoms with van der Waals surface area (Å²) in [6.45, 7) is 1.92. The van der Waals surface area contributed by atoms with E-state index in [0.29, 0.717) is 17.8 Å². The molecule has 8 heteroatoms. The average molecular weight is 276 g/mol. The van der Waals surface area contributed by atoms with Gasteiger partial charge in [0.15, 0.2) is 5.69 Å². The smallest absolute Gasteiger partial charge is 0.358 e. The summed E-state index contributed by atoms with van der Waals surface area (Å²) in [6.07, 6.45) is 1.24. The Morgan fingerprint density at radius 1 is 1.40 bits per heavy atom. The zero-order valence-corrected chi connectivity index (χ0v) is 10.7. The van der Waals surface area contributed by atoms with E-state index in [0.717, 1.165) is 6.42 Å². The van der Waals surface area contributed by atoms with Crippen LogP contribution in [0, 0.1) is 10.1 Å². The summed E-state index contributed by atoms with van der Waals surface area (Å²) < 4.78 is 1.40. The van der Waals surface area contributed by atoms with Gasteiger partial charge >= 0.3 is 5.97 Å². The molecule has 0 aliphatic heterocycles. The second-order valence-electron chi connectivity index (χ2n) is 4.13. The number of rotatable bonds is 5. The van der Waals surface area contributed by atoms with E-state index in [9.17, 15) is 14.9 Å². The van der Waals surface area contributed by atoms with E-state index in [1.165, 1.54) is 28.9 Å². The molecule has 104 valence electrons. The van der Waals surface area contributed by atoms with Crippen LogP contribution in [0.2, 0.25) is 0 Å². The first-order valence-electron chi connectivity index (χ1n) is 5.97. The number of nitrogens with zero attached hydrogens (tertiary/aromatic N) is 4. The first-order chi connectivity index (χ1) is 9.54. The van der Waals surface area contributed by atoms with Crippen molar-refractivity contribution in [3.8, 4) is 5.69 Å². The van der Waals surface area contributed by atoms with Gasteiger partial charge in [0.25, 0.3) is 5.69 Å². The molecular weight excluding hydrogens is 264 g/mol. The van der Waals surface area contributed by atoms with Crippen LogP contribution < -0.4 is 0 Å². The molecule has 0 spiro atoms. The molecule has 0 aliphatic rings. The molecule has 0 bridgehead atoms. The third-order valence-corrected chi connectivity index (χ3v) is 2.76. The molecule has 2 rings (SSSR count). The van der Waals surface area contributed by atoms with Crippen LogP contribution in [-0.2, 0) is 6.42 Å². The topological polar surface area (TPSA) is 111 Å². The maximum atomic E-state index is 11.1. The lowest BCUT2D eigenvalue weighted by molar-refractivity contribution is -0.384. The number of hydrogen-bond donors (Lipinski definition) is 1. The Labute approximate surface area is 113 Å². The normalized spacial score (nSPS) is 10.4. The van der Waals surface area contributed by atoms with E-state index in [1.54, 1.807) is 0 Å². The number of nitro groups is 1. The Hall–Kier alpha value is -2.77. The second-order valence-corrected chi connectivity index (χ2v) is 4.13. The van der Waals surface area contributed by atoms with Crippen molar-refractivity contribution in [3.05, 3.63) is 45.8 Å². The van der Waals surface area contributed by atoms with Crippen LogP contribution in [0.1, 0.15) is 29.5 Å². The Morgan fingerprint density at radius 2 is 2.05 bits per heavy atom. The molecule has 0 saturated heterocycles. The van der Waals surface area contributed by atoms with Gasteiger partial charge in [-0.1, -0.05) is 18.6 Å². The van der Waals surface area contributed by atoms with Gasteiger partial charge in [-0.2, -0.15) is 0 Å². The van der Waals surface area contributed by atoms with E-state index >= 15 is 0 Å². The summed E-state index contributed by atoms with van der Waals surface area (Å²) in [7, 11) is 0. The van der Waals surface area contributed by atoms with Crippen LogP contribution in [0.3, 0.4) is 0 Å². The minimum atomic E-state index is -1.14. The lowest BCUT2D eigenvalue weighted by Crippen LogP contribution is -2.06. The molecule has 1 aromatic carbocycles. The van der Waals surface area contributed by atoms with Crippen LogP contribution >= 0.6 is 0 Å². The van der Waals surface area contributed by atoms with Crippen molar-refractivity contribution in [1.29, 1.82) is 0 Å². The van der Waals surface area contributed by atoms with Crippen molar-refractivity contribution >= 4 is 11.7 Å². The van der Waals surface area contributed by atoms with E-state index in [4.69, 9.17) is 5.11 Å². The maximum absolute atomic E-state index is 11.1. The Kier molecular flexibility index (Phi) is 3.74. The molecule has 1 heterocycles. The van der Waals surface area contributed by atoms with E-state index < -0.39 is 10.9 Å². The van der Waals surface area contributed by atoms with Gasteiger partial charge < -0.3 is 5.11 Å². The number of aromatic nitrogens is 3. The minimum absolute atomic E-state index is 0.0376. The first-order valence-corrected chi connectivity index (χ1v) is 5.97. The van der Waals surface area contributed by atoms with Gasteiger partial charge in [-0.3, -0.25) is 10.1 Å². The number of nitro benzene ring substituents is 1. The number of carbonyl (C=O) groups is 1. The molecule has 20 heavy (non-hydrogen) atoms. The van der Waals surface area contributed by atoms with Crippen LogP contribution in [0.5, 0.6) is 0 Å². The Morgan fingerprint density at radius 3 is 2.55 bits per heavy atom. The van der Waals surface area contributed by atoms with Gasteiger partial charge in [0.2, 0.25) is 0 Å². The van der Waals surface area contributed by atoms with E-state index in [1.807, 2.05) is 6.92 Å². The molecule has 0 fully saturated rings. The van der Waals surface area contributed by atoms with Crippen LogP contribution in [0.25, 0.3) is 5.69 Å². The monoisotopic (exact) mass is 276 g/mol. The van der Waals surface area contributed by atoms with Crippen LogP contribution in [-0.4, -0.2) is 31.0 Å².